The Bertz CT molecular complexity index is 1120. The molecule has 4 nitrogen and oxygen atoms in total. The number of phenolic OH excluding ortho intramolecular Hbond substituents is 1. The number of rotatable bonds is 4. The highest BCUT2D eigenvalue weighted by Gasteiger charge is 2.48. The van der Waals surface area contributed by atoms with Crippen LogP contribution in [0.15, 0.2) is 36.4 Å². The minimum atomic E-state index is -0.776. The minimum Gasteiger partial charge on any atom is -0.507 e. The van der Waals surface area contributed by atoms with Crippen molar-refractivity contribution < 1.29 is 19.4 Å². The molecular formula is C24H26FNO3. The molecule has 0 aliphatic heterocycles. The van der Waals surface area contributed by atoms with Gasteiger partial charge in [-0.25, -0.2) is 4.39 Å². The first-order valence-electron chi connectivity index (χ1n) is 10.00. The molecule has 2 aromatic carbocycles. The summed E-state index contributed by atoms with van der Waals surface area (Å²) >= 11 is 0. The van der Waals surface area contributed by atoms with Gasteiger partial charge in [-0.2, -0.15) is 0 Å². The maximum Gasteiger partial charge on any atom is 0.309 e. The molecule has 2 N–H and O–H groups in total. The van der Waals surface area contributed by atoms with Gasteiger partial charge in [0.1, 0.15) is 11.6 Å². The van der Waals surface area contributed by atoms with Crippen LogP contribution in [0.3, 0.4) is 0 Å². The summed E-state index contributed by atoms with van der Waals surface area (Å²) in [7, 11) is 0. The highest BCUT2D eigenvalue weighted by molar-refractivity contribution is 5.93. The van der Waals surface area contributed by atoms with Crippen LogP contribution in [-0.2, 0) is 4.79 Å². The third-order valence-electron chi connectivity index (χ3n) is 6.31. The highest BCUT2D eigenvalue weighted by atomic mass is 19.1. The standard InChI is InChI=1S/C24H26FNO3/c1-13(2)22-20(15-11-24(4,12-15)23(28)29)21-18(6-5-7-19(21)27)26(22)16-8-9-17(25)14(3)10-16/h5-10,13,15,27H,11-12H2,1-4H3,(H,28,29). The van der Waals surface area contributed by atoms with Crippen LogP contribution in [0.2, 0.25) is 0 Å². The zero-order chi connectivity index (χ0) is 21.1. The first-order valence-corrected chi connectivity index (χ1v) is 10.00. The average molecular weight is 395 g/mol. The Labute approximate surface area is 169 Å². The van der Waals surface area contributed by atoms with E-state index in [1.165, 1.54) is 6.07 Å². The molecule has 0 amide bonds. The van der Waals surface area contributed by atoms with Gasteiger partial charge < -0.3 is 14.8 Å². The Morgan fingerprint density at radius 2 is 1.93 bits per heavy atom. The smallest absolute Gasteiger partial charge is 0.309 e. The Balaban J connectivity index is 2.00. The fourth-order valence-electron chi connectivity index (χ4n) is 4.80. The number of nitrogens with zero attached hydrogens (tertiary/aromatic N) is 1. The van der Waals surface area contributed by atoms with Crippen LogP contribution in [-0.4, -0.2) is 20.7 Å². The molecule has 0 spiro atoms. The lowest BCUT2D eigenvalue weighted by Crippen LogP contribution is -2.40. The number of carbonyl (C=O) groups is 1. The fourth-order valence-corrected chi connectivity index (χ4v) is 4.80. The zero-order valence-corrected chi connectivity index (χ0v) is 17.2. The summed E-state index contributed by atoms with van der Waals surface area (Å²) in [5.74, 6) is -0.635. The molecule has 1 fully saturated rings. The molecule has 1 aliphatic carbocycles. The lowest BCUT2D eigenvalue weighted by Gasteiger charge is -2.42. The van der Waals surface area contributed by atoms with Crippen LogP contribution in [0.25, 0.3) is 16.6 Å². The molecule has 0 saturated heterocycles. The second-order valence-corrected chi connectivity index (χ2v) is 8.86. The molecule has 0 unspecified atom stereocenters. The second-order valence-electron chi connectivity index (χ2n) is 8.86. The van der Waals surface area contributed by atoms with Crippen LogP contribution in [0, 0.1) is 18.2 Å². The third kappa shape index (κ3) is 2.91. The van der Waals surface area contributed by atoms with Crippen LogP contribution in [0.5, 0.6) is 5.75 Å². The van der Waals surface area contributed by atoms with Crippen molar-refractivity contribution in [3.63, 3.8) is 0 Å². The fraction of sp³-hybridized carbons (Fsp3) is 0.375. The van der Waals surface area contributed by atoms with Crippen LogP contribution in [0.4, 0.5) is 4.39 Å². The largest absolute Gasteiger partial charge is 0.507 e. The SMILES string of the molecule is Cc1cc(-n2c(C(C)C)c(C3CC(C)(C(=O)O)C3)c3c(O)cccc32)ccc1F. The van der Waals surface area contributed by atoms with E-state index < -0.39 is 11.4 Å². The van der Waals surface area contributed by atoms with E-state index in [0.717, 1.165) is 27.8 Å². The highest BCUT2D eigenvalue weighted by Crippen LogP contribution is 2.55. The summed E-state index contributed by atoms with van der Waals surface area (Å²) in [5, 5.41) is 21.1. The number of aromatic hydroxyl groups is 1. The van der Waals surface area contributed by atoms with Crippen molar-refractivity contribution in [1.82, 2.24) is 4.57 Å². The Kier molecular flexibility index (Phi) is 4.45. The molecule has 3 aromatic rings. The Hall–Kier alpha value is -2.82. The van der Waals surface area contributed by atoms with Gasteiger partial charge in [-0.1, -0.05) is 19.9 Å². The number of aliphatic carboxylic acids is 1. The maximum absolute atomic E-state index is 13.9. The van der Waals surface area contributed by atoms with Crippen molar-refractivity contribution in [2.45, 2.75) is 52.4 Å². The van der Waals surface area contributed by atoms with Gasteiger partial charge in [0, 0.05) is 16.8 Å². The van der Waals surface area contributed by atoms with E-state index in [1.807, 2.05) is 12.1 Å². The molecule has 0 atom stereocenters. The number of hydrogen-bond donors (Lipinski definition) is 2. The number of halogens is 1. The van der Waals surface area contributed by atoms with Crippen molar-refractivity contribution in [2.75, 3.05) is 0 Å². The van der Waals surface area contributed by atoms with Crippen LogP contribution >= 0.6 is 0 Å². The number of fused-ring (bicyclic) bond motifs is 1. The third-order valence-corrected chi connectivity index (χ3v) is 6.31. The number of benzene rings is 2. The summed E-state index contributed by atoms with van der Waals surface area (Å²) in [5.41, 5.74) is 3.60. The molecule has 5 heteroatoms. The molecule has 152 valence electrons. The number of phenols is 1. The summed E-state index contributed by atoms with van der Waals surface area (Å²) in [6.45, 7) is 7.71. The van der Waals surface area contributed by atoms with E-state index in [4.69, 9.17) is 0 Å². The number of hydrogen-bond acceptors (Lipinski definition) is 2. The molecular weight excluding hydrogens is 369 g/mol. The van der Waals surface area contributed by atoms with Crippen molar-refractivity contribution in [1.29, 1.82) is 0 Å². The van der Waals surface area contributed by atoms with Crippen LogP contribution in [0.1, 0.15) is 62.3 Å². The number of aromatic nitrogens is 1. The van der Waals surface area contributed by atoms with Gasteiger partial charge in [-0.3, -0.25) is 4.79 Å². The van der Waals surface area contributed by atoms with Gasteiger partial charge in [0.2, 0.25) is 0 Å². The van der Waals surface area contributed by atoms with E-state index in [-0.39, 0.29) is 23.4 Å². The monoisotopic (exact) mass is 395 g/mol. The van der Waals surface area contributed by atoms with E-state index in [9.17, 15) is 19.4 Å². The Morgan fingerprint density at radius 1 is 1.24 bits per heavy atom. The van der Waals surface area contributed by atoms with Gasteiger partial charge in [0.05, 0.1) is 10.9 Å². The van der Waals surface area contributed by atoms with Crippen LogP contribution < -0.4 is 0 Å². The number of carboxylic acid groups (broad SMARTS) is 1. The lowest BCUT2D eigenvalue weighted by atomic mass is 9.60. The molecule has 1 heterocycles. The van der Waals surface area contributed by atoms with Crippen molar-refractivity contribution in [3.05, 3.63) is 59.0 Å². The normalized spacial score (nSPS) is 21.5. The van der Waals surface area contributed by atoms with Gasteiger partial charge in [-0.15, -0.1) is 0 Å². The van der Waals surface area contributed by atoms with Gasteiger partial charge in [0.25, 0.3) is 0 Å². The summed E-state index contributed by atoms with van der Waals surface area (Å²) in [4.78, 5) is 11.6. The molecule has 1 aromatic heterocycles. The lowest BCUT2D eigenvalue weighted by molar-refractivity contribution is -0.154. The molecule has 29 heavy (non-hydrogen) atoms. The first kappa shape index (κ1) is 19.5. The van der Waals surface area contributed by atoms with Gasteiger partial charge in [0.15, 0.2) is 0 Å². The Morgan fingerprint density at radius 3 is 2.52 bits per heavy atom. The summed E-state index contributed by atoms with van der Waals surface area (Å²) in [6, 6.07) is 10.5. The molecule has 0 bridgehead atoms. The van der Waals surface area contributed by atoms with E-state index in [2.05, 4.69) is 18.4 Å². The van der Waals surface area contributed by atoms with E-state index in [1.54, 1.807) is 32.0 Å². The molecule has 1 saturated carbocycles. The summed E-state index contributed by atoms with van der Waals surface area (Å²) in [6.07, 6.45) is 1.08. The van der Waals surface area contributed by atoms with Crippen molar-refractivity contribution in [3.8, 4) is 11.4 Å². The zero-order valence-electron chi connectivity index (χ0n) is 17.2. The van der Waals surface area contributed by atoms with E-state index in [0.29, 0.717) is 18.4 Å². The molecule has 0 radical (unpaired) electrons. The minimum absolute atomic E-state index is 0.0621. The van der Waals surface area contributed by atoms with E-state index >= 15 is 0 Å². The predicted molar refractivity (Wildman–Crippen MR) is 111 cm³/mol. The quantitative estimate of drug-likeness (QED) is 0.580. The second kappa shape index (κ2) is 6.61. The maximum atomic E-state index is 13.9. The first-order chi connectivity index (χ1) is 13.6. The molecule has 1 aliphatic rings. The number of carboxylic acids is 1. The number of aryl methyl sites for hydroxylation is 1. The van der Waals surface area contributed by atoms with Crippen molar-refractivity contribution >= 4 is 16.9 Å². The summed E-state index contributed by atoms with van der Waals surface area (Å²) < 4.78 is 16.0. The predicted octanol–water partition coefficient (Wildman–Crippen LogP) is 5.88. The molecule has 4 rings (SSSR count). The topological polar surface area (TPSA) is 62.5 Å². The van der Waals surface area contributed by atoms with Gasteiger partial charge in [-0.05, 0) is 80.0 Å². The van der Waals surface area contributed by atoms with Gasteiger partial charge >= 0.3 is 5.97 Å². The van der Waals surface area contributed by atoms with Crippen molar-refractivity contribution in [2.24, 2.45) is 5.41 Å². The average Bonchev–Trinajstić information content (AvgIpc) is 2.97.